The third kappa shape index (κ3) is 3.91. The van der Waals surface area contributed by atoms with Crippen molar-refractivity contribution < 1.29 is 4.74 Å². The smallest absolute Gasteiger partial charge is 0.136 e. The lowest BCUT2D eigenvalue weighted by Crippen LogP contribution is -2.26. The maximum Gasteiger partial charge on any atom is 0.136 e. The van der Waals surface area contributed by atoms with Crippen molar-refractivity contribution in [2.24, 2.45) is 0 Å². The van der Waals surface area contributed by atoms with E-state index in [1.54, 1.807) is 7.11 Å². The van der Waals surface area contributed by atoms with Crippen molar-refractivity contribution in [3.8, 4) is 11.8 Å². The molecule has 1 aromatic rings. The van der Waals surface area contributed by atoms with Crippen LogP contribution in [0.3, 0.4) is 0 Å². The van der Waals surface area contributed by atoms with Gasteiger partial charge in [0, 0.05) is 17.8 Å². The zero-order chi connectivity index (χ0) is 14.4. The summed E-state index contributed by atoms with van der Waals surface area (Å²) >= 11 is 2.08. The molecule has 1 aromatic carbocycles. The normalized spacial score (nSPS) is 21.6. The fourth-order valence-electron chi connectivity index (χ4n) is 2.73. The Morgan fingerprint density at radius 2 is 2.30 bits per heavy atom. The molecule has 0 aliphatic heterocycles. The van der Waals surface area contributed by atoms with E-state index in [1.807, 2.05) is 18.2 Å². The minimum absolute atomic E-state index is 0.609. The predicted octanol–water partition coefficient (Wildman–Crippen LogP) is 3.33. The Bertz CT molecular complexity index is 484. The molecule has 108 valence electrons. The summed E-state index contributed by atoms with van der Waals surface area (Å²) in [6.45, 7) is 3.05. The van der Waals surface area contributed by atoms with E-state index < -0.39 is 0 Å². The molecule has 1 saturated carbocycles. The van der Waals surface area contributed by atoms with Crippen LogP contribution >= 0.6 is 11.8 Å². The number of hydrogen-bond donors (Lipinski definition) is 1. The van der Waals surface area contributed by atoms with Gasteiger partial charge in [-0.2, -0.15) is 17.0 Å². The lowest BCUT2D eigenvalue weighted by atomic mass is 10.1. The Morgan fingerprint density at radius 1 is 1.45 bits per heavy atom. The van der Waals surface area contributed by atoms with Crippen LogP contribution in [0.25, 0.3) is 0 Å². The summed E-state index contributed by atoms with van der Waals surface area (Å²) in [7, 11) is 1.60. The Hall–Kier alpha value is -1.18. The van der Waals surface area contributed by atoms with Crippen molar-refractivity contribution in [1.29, 1.82) is 5.26 Å². The molecule has 0 spiro atoms. The predicted molar refractivity (Wildman–Crippen MR) is 84.1 cm³/mol. The molecule has 0 bridgehead atoms. The zero-order valence-electron chi connectivity index (χ0n) is 12.2. The molecule has 20 heavy (non-hydrogen) atoms. The van der Waals surface area contributed by atoms with Crippen LogP contribution in [-0.4, -0.2) is 24.2 Å². The van der Waals surface area contributed by atoms with E-state index in [-0.39, 0.29) is 0 Å². The first-order valence-electron chi connectivity index (χ1n) is 7.18. The molecule has 1 N–H and O–H groups in total. The summed E-state index contributed by atoms with van der Waals surface area (Å²) in [4.78, 5) is 0. The molecule has 0 heterocycles. The van der Waals surface area contributed by atoms with Gasteiger partial charge in [-0.05, 0) is 42.7 Å². The van der Waals surface area contributed by atoms with Gasteiger partial charge in [-0.25, -0.2) is 0 Å². The first kappa shape index (κ1) is 15.2. The summed E-state index contributed by atoms with van der Waals surface area (Å²) < 4.78 is 5.16. The first-order chi connectivity index (χ1) is 9.76. The monoisotopic (exact) mass is 290 g/mol. The molecule has 2 unspecified atom stereocenters. The standard InChI is InChI=1S/C16H22N2OS/c1-3-20-15-6-5-14(9-15)18-11-12-4-7-16(19-2)13(8-12)10-17/h4,7-8,14-15,18H,3,5-6,9,11H2,1-2H3. The number of nitriles is 1. The van der Waals surface area contributed by atoms with Gasteiger partial charge in [-0.3, -0.25) is 0 Å². The van der Waals surface area contributed by atoms with Crippen LogP contribution in [0.15, 0.2) is 18.2 Å². The second kappa shape index (κ2) is 7.56. The lowest BCUT2D eigenvalue weighted by molar-refractivity contribution is 0.413. The molecule has 0 saturated heterocycles. The maximum atomic E-state index is 9.09. The van der Waals surface area contributed by atoms with Crippen LogP contribution in [0.5, 0.6) is 5.75 Å². The quantitative estimate of drug-likeness (QED) is 0.873. The van der Waals surface area contributed by atoms with Gasteiger partial charge in [0.1, 0.15) is 11.8 Å². The van der Waals surface area contributed by atoms with Gasteiger partial charge in [0.05, 0.1) is 12.7 Å². The van der Waals surface area contributed by atoms with Crippen LogP contribution < -0.4 is 10.1 Å². The zero-order valence-corrected chi connectivity index (χ0v) is 13.0. The number of benzene rings is 1. The van der Waals surface area contributed by atoms with E-state index >= 15 is 0 Å². The Balaban J connectivity index is 1.87. The Morgan fingerprint density at radius 3 is 3.00 bits per heavy atom. The van der Waals surface area contributed by atoms with Gasteiger partial charge in [-0.1, -0.05) is 13.0 Å². The van der Waals surface area contributed by atoms with Gasteiger partial charge in [-0.15, -0.1) is 0 Å². The molecule has 1 aliphatic rings. The van der Waals surface area contributed by atoms with Crippen molar-refractivity contribution in [2.75, 3.05) is 12.9 Å². The molecule has 1 aliphatic carbocycles. The van der Waals surface area contributed by atoms with E-state index in [1.165, 1.54) is 25.0 Å². The molecule has 2 atom stereocenters. The molecular formula is C16H22N2OS. The molecule has 2 rings (SSSR count). The third-order valence-electron chi connectivity index (χ3n) is 3.77. The number of nitrogens with one attached hydrogen (secondary N) is 1. The van der Waals surface area contributed by atoms with Gasteiger partial charge >= 0.3 is 0 Å². The van der Waals surface area contributed by atoms with Crippen LogP contribution in [0.4, 0.5) is 0 Å². The van der Waals surface area contributed by atoms with Crippen LogP contribution in [0.2, 0.25) is 0 Å². The minimum Gasteiger partial charge on any atom is -0.495 e. The molecule has 0 radical (unpaired) electrons. The van der Waals surface area contributed by atoms with Crippen molar-refractivity contribution >= 4 is 11.8 Å². The average molecular weight is 290 g/mol. The number of rotatable bonds is 6. The Labute approximate surface area is 125 Å². The Kier molecular flexibility index (Phi) is 5.75. The highest BCUT2D eigenvalue weighted by Gasteiger charge is 2.23. The fourth-order valence-corrected chi connectivity index (χ4v) is 3.87. The van der Waals surface area contributed by atoms with Gasteiger partial charge in [0.2, 0.25) is 0 Å². The average Bonchev–Trinajstić information content (AvgIpc) is 2.93. The van der Waals surface area contributed by atoms with Gasteiger partial charge < -0.3 is 10.1 Å². The SMILES string of the molecule is CCSC1CCC(NCc2ccc(OC)c(C#N)c2)C1. The second-order valence-corrected chi connectivity index (χ2v) is 6.69. The van der Waals surface area contributed by atoms with E-state index in [0.717, 1.165) is 17.4 Å². The van der Waals surface area contributed by atoms with E-state index in [9.17, 15) is 0 Å². The number of thioether (sulfide) groups is 1. The summed E-state index contributed by atoms with van der Waals surface area (Å²) in [5, 5.41) is 13.5. The topological polar surface area (TPSA) is 45.0 Å². The third-order valence-corrected chi connectivity index (χ3v) is 5.00. The fraction of sp³-hybridized carbons (Fsp3) is 0.562. The van der Waals surface area contributed by atoms with Crippen LogP contribution in [-0.2, 0) is 6.54 Å². The summed E-state index contributed by atoms with van der Waals surface area (Å²) in [5.74, 6) is 1.86. The highest BCUT2D eigenvalue weighted by molar-refractivity contribution is 7.99. The summed E-state index contributed by atoms with van der Waals surface area (Å²) in [6.07, 6.45) is 3.85. The molecule has 4 heteroatoms. The van der Waals surface area contributed by atoms with Gasteiger partial charge in [0.15, 0.2) is 0 Å². The summed E-state index contributed by atoms with van der Waals surface area (Å²) in [5.41, 5.74) is 1.76. The second-order valence-electron chi connectivity index (χ2n) is 5.11. The van der Waals surface area contributed by atoms with E-state index in [2.05, 4.69) is 30.1 Å². The van der Waals surface area contributed by atoms with E-state index in [4.69, 9.17) is 10.00 Å². The molecule has 3 nitrogen and oxygen atoms in total. The number of methoxy groups -OCH3 is 1. The van der Waals surface area contributed by atoms with Crippen LogP contribution in [0.1, 0.15) is 37.3 Å². The molecule has 0 amide bonds. The highest BCUT2D eigenvalue weighted by Crippen LogP contribution is 2.30. The van der Waals surface area contributed by atoms with Crippen molar-refractivity contribution in [1.82, 2.24) is 5.32 Å². The number of ether oxygens (including phenoxy) is 1. The molecule has 1 fully saturated rings. The van der Waals surface area contributed by atoms with Crippen molar-refractivity contribution in [2.45, 2.75) is 44.0 Å². The van der Waals surface area contributed by atoms with Crippen molar-refractivity contribution in [3.63, 3.8) is 0 Å². The largest absolute Gasteiger partial charge is 0.495 e. The highest BCUT2D eigenvalue weighted by atomic mass is 32.2. The number of nitrogens with zero attached hydrogens (tertiary/aromatic N) is 1. The summed E-state index contributed by atoms with van der Waals surface area (Å²) in [6, 6.07) is 8.62. The first-order valence-corrected chi connectivity index (χ1v) is 8.23. The van der Waals surface area contributed by atoms with E-state index in [0.29, 0.717) is 17.4 Å². The number of hydrogen-bond acceptors (Lipinski definition) is 4. The van der Waals surface area contributed by atoms with Gasteiger partial charge in [0.25, 0.3) is 0 Å². The lowest BCUT2D eigenvalue weighted by Gasteiger charge is -2.13. The van der Waals surface area contributed by atoms with Crippen molar-refractivity contribution in [3.05, 3.63) is 29.3 Å². The minimum atomic E-state index is 0.609. The maximum absolute atomic E-state index is 9.09. The molecule has 0 aromatic heterocycles. The molecular weight excluding hydrogens is 268 g/mol. The van der Waals surface area contributed by atoms with Crippen LogP contribution in [0, 0.1) is 11.3 Å².